The molecule has 0 fully saturated rings. The summed E-state index contributed by atoms with van der Waals surface area (Å²) >= 11 is 0. The predicted molar refractivity (Wildman–Crippen MR) is 76.7 cm³/mol. The van der Waals surface area contributed by atoms with E-state index in [-0.39, 0.29) is 17.0 Å². The van der Waals surface area contributed by atoms with Gasteiger partial charge in [0, 0.05) is 24.3 Å². The van der Waals surface area contributed by atoms with Crippen LogP contribution in [0.2, 0.25) is 0 Å². The standard InChI is InChI=1S/C9H9NO3.C5H6O4/c1-6(11)10-8-4-2-7(3-5-8)9(12)13;1-3(5(8)9)2-4(6)7/h2-5H,1H3,(H,10,11)(H,12,13);2H,1H3,(H,6,7)(H,8,9)/b;3-2+. The molecule has 0 saturated carbocycles. The van der Waals surface area contributed by atoms with Gasteiger partial charge in [0.25, 0.3) is 0 Å². The number of carbonyl (C=O) groups is 4. The maximum absolute atomic E-state index is 10.6. The van der Waals surface area contributed by atoms with E-state index in [4.69, 9.17) is 15.3 Å². The van der Waals surface area contributed by atoms with E-state index in [0.717, 1.165) is 0 Å². The highest BCUT2D eigenvalue weighted by Gasteiger charge is 2.02. The van der Waals surface area contributed by atoms with Crippen LogP contribution in [-0.2, 0) is 14.4 Å². The quantitative estimate of drug-likeness (QED) is 0.617. The third-order valence-corrected chi connectivity index (χ3v) is 2.13. The summed E-state index contributed by atoms with van der Waals surface area (Å²) in [6.07, 6.45) is 0.641. The van der Waals surface area contributed by atoms with Crippen LogP contribution < -0.4 is 5.32 Å². The van der Waals surface area contributed by atoms with E-state index in [1.165, 1.54) is 26.0 Å². The Labute approximate surface area is 125 Å². The molecule has 1 amide bonds. The van der Waals surface area contributed by atoms with Crippen LogP contribution in [0, 0.1) is 0 Å². The fourth-order valence-electron chi connectivity index (χ4n) is 1.15. The Morgan fingerprint density at radius 2 is 1.45 bits per heavy atom. The fraction of sp³-hybridized carbons (Fsp3) is 0.143. The number of nitrogens with one attached hydrogen (secondary N) is 1. The van der Waals surface area contributed by atoms with Crippen molar-refractivity contribution in [1.29, 1.82) is 0 Å². The number of anilines is 1. The molecule has 0 saturated heterocycles. The van der Waals surface area contributed by atoms with Crippen LogP contribution in [0.3, 0.4) is 0 Å². The number of benzene rings is 1. The molecule has 0 aliphatic rings. The molecule has 0 atom stereocenters. The van der Waals surface area contributed by atoms with Gasteiger partial charge >= 0.3 is 17.9 Å². The third kappa shape index (κ3) is 8.10. The van der Waals surface area contributed by atoms with E-state index >= 15 is 0 Å². The van der Waals surface area contributed by atoms with E-state index in [0.29, 0.717) is 11.8 Å². The molecule has 1 rings (SSSR count). The molecule has 0 spiro atoms. The van der Waals surface area contributed by atoms with E-state index in [2.05, 4.69) is 5.32 Å². The molecule has 0 radical (unpaired) electrons. The second-order valence-electron chi connectivity index (χ2n) is 4.03. The van der Waals surface area contributed by atoms with Gasteiger partial charge in [-0.1, -0.05) is 0 Å². The smallest absolute Gasteiger partial charge is 0.335 e. The molecule has 0 aromatic heterocycles. The first kappa shape index (κ1) is 18.8. The number of rotatable bonds is 4. The molecule has 0 aliphatic carbocycles. The minimum atomic E-state index is -1.24. The first-order valence-corrected chi connectivity index (χ1v) is 5.89. The highest BCUT2D eigenvalue weighted by atomic mass is 16.4. The molecule has 22 heavy (non-hydrogen) atoms. The Morgan fingerprint density at radius 3 is 1.73 bits per heavy atom. The monoisotopic (exact) mass is 309 g/mol. The summed E-state index contributed by atoms with van der Waals surface area (Å²) in [5.74, 6) is -3.61. The van der Waals surface area contributed by atoms with Crippen LogP contribution in [0.4, 0.5) is 5.69 Å². The fourth-order valence-corrected chi connectivity index (χ4v) is 1.15. The first-order chi connectivity index (χ1) is 10.1. The Kier molecular flexibility index (Phi) is 7.62. The van der Waals surface area contributed by atoms with Crippen molar-refractivity contribution in [3.05, 3.63) is 41.5 Å². The number of amides is 1. The highest BCUT2D eigenvalue weighted by Crippen LogP contribution is 2.08. The second kappa shape index (κ2) is 8.90. The van der Waals surface area contributed by atoms with Crippen molar-refractivity contribution in [2.24, 2.45) is 0 Å². The molecule has 0 bridgehead atoms. The molecule has 0 heterocycles. The van der Waals surface area contributed by atoms with Gasteiger partial charge < -0.3 is 20.6 Å². The molecule has 0 aliphatic heterocycles. The van der Waals surface area contributed by atoms with Crippen molar-refractivity contribution in [1.82, 2.24) is 0 Å². The van der Waals surface area contributed by atoms with Crippen LogP contribution in [0.1, 0.15) is 24.2 Å². The van der Waals surface area contributed by atoms with Crippen molar-refractivity contribution in [2.45, 2.75) is 13.8 Å². The average Bonchev–Trinajstić information content (AvgIpc) is 2.38. The Hall–Kier alpha value is -3.16. The number of aliphatic carboxylic acids is 2. The summed E-state index contributed by atoms with van der Waals surface area (Å²) < 4.78 is 0. The molecule has 4 N–H and O–H groups in total. The zero-order valence-corrected chi connectivity index (χ0v) is 11.9. The van der Waals surface area contributed by atoms with Crippen molar-refractivity contribution >= 4 is 29.5 Å². The molecular formula is C14H15NO7. The zero-order valence-electron chi connectivity index (χ0n) is 11.9. The number of aromatic carboxylic acids is 1. The summed E-state index contributed by atoms with van der Waals surface area (Å²) in [7, 11) is 0. The van der Waals surface area contributed by atoms with Crippen molar-refractivity contribution in [3.63, 3.8) is 0 Å². The molecular weight excluding hydrogens is 294 g/mol. The molecule has 1 aromatic rings. The van der Waals surface area contributed by atoms with Gasteiger partial charge in [0.15, 0.2) is 0 Å². The number of hydrogen-bond donors (Lipinski definition) is 4. The van der Waals surface area contributed by atoms with E-state index in [1.807, 2.05) is 0 Å². The summed E-state index contributed by atoms with van der Waals surface area (Å²) in [5, 5.41) is 27.2. The normalized spacial score (nSPS) is 10.0. The maximum atomic E-state index is 10.6. The largest absolute Gasteiger partial charge is 0.478 e. The summed E-state index contributed by atoms with van der Waals surface area (Å²) in [5.41, 5.74) is 0.620. The summed E-state index contributed by atoms with van der Waals surface area (Å²) in [6, 6.07) is 5.97. The average molecular weight is 309 g/mol. The number of hydrogen-bond acceptors (Lipinski definition) is 4. The van der Waals surface area contributed by atoms with Gasteiger partial charge in [-0.25, -0.2) is 14.4 Å². The zero-order chi connectivity index (χ0) is 17.3. The lowest BCUT2D eigenvalue weighted by atomic mass is 10.2. The predicted octanol–water partition coefficient (Wildman–Crippen LogP) is 1.45. The maximum Gasteiger partial charge on any atom is 0.335 e. The number of carboxylic acid groups (broad SMARTS) is 3. The molecule has 8 nitrogen and oxygen atoms in total. The van der Waals surface area contributed by atoms with E-state index in [9.17, 15) is 19.2 Å². The van der Waals surface area contributed by atoms with Gasteiger partial charge in [0.05, 0.1) is 5.56 Å². The van der Waals surface area contributed by atoms with Crippen molar-refractivity contribution < 1.29 is 34.5 Å². The van der Waals surface area contributed by atoms with Crippen molar-refractivity contribution in [2.75, 3.05) is 5.32 Å². The van der Waals surface area contributed by atoms with Gasteiger partial charge in [-0.15, -0.1) is 0 Å². The number of carbonyl (C=O) groups excluding carboxylic acids is 1. The van der Waals surface area contributed by atoms with Gasteiger partial charge in [-0.3, -0.25) is 4.79 Å². The van der Waals surface area contributed by atoms with E-state index < -0.39 is 17.9 Å². The van der Waals surface area contributed by atoms with Crippen LogP contribution in [0.5, 0.6) is 0 Å². The van der Waals surface area contributed by atoms with Gasteiger partial charge in [0.1, 0.15) is 0 Å². The topological polar surface area (TPSA) is 141 Å². The molecule has 118 valence electrons. The Balaban J connectivity index is 0.000000433. The van der Waals surface area contributed by atoms with E-state index in [1.54, 1.807) is 12.1 Å². The van der Waals surface area contributed by atoms with Crippen LogP contribution in [0.15, 0.2) is 35.9 Å². The Morgan fingerprint density at radius 1 is 0.955 bits per heavy atom. The lowest BCUT2D eigenvalue weighted by Gasteiger charge is -2.01. The van der Waals surface area contributed by atoms with Gasteiger partial charge in [-0.2, -0.15) is 0 Å². The van der Waals surface area contributed by atoms with Crippen LogP contribution in [-0.4, -0.2) is 39.1 Å². The molecule has 0 unspecified atom stereocenters. The SMILES string of the molecule is C/C(=C\C(=O)O)C(=O)O.CC(=O)Nc1ccc(C(=O)O)cc1. The van der Waals surface area contributed by atoms with Crippen molar-refractivity contribution in [3.8, 4) is 0 Å². The van der Waals surface area contributed by atoms with Crippen LogP contribution >= 0.6 is 0 Å². The lowest BCUT2D eigenvalue weighted by Crippen LogP contribution is -2.05. The molecule has 1 aromatic carbocycles. The molecule has 8 heteroatoms. The van der Waals surface area contributed by atoms with Gasteiger partial charge in [0.2, 0.25) is 5.91 Å². The summed E-state index contributed by atoms with van der Waals surface area (Å²) in [6.45, 7) is 2.61. The lowest BCUT2D eigenvalue weighted by molar-refractivity contribution is -0.135. The van der Waals surface area contributed by atoms with Gasteiger partial charge in [-0.05, 0) is 31.2 Å². The Bertz CT molecular complexity index is 602. The first-order valence-electron chi connectivity index (χ1n) is 5.89. The second-order valence-corrected chi connectivity index (χ2v) is 4.03. The minimum Gasteiger partial charge on any atom is -0.478 e. The minimum absolute atomic E-state index is 0.178. The number of carboxylic acids is 3. The summed E-state index contributed by atoms with van der Waals surface area (Å²) in [4.78, 5) is 40.7. The third-order valence-electron chi connectivity index (χ3n) is 2.13. The highest BCUT2D eigenvalue weighted by molar-refractivity contribution is 5.94. The van der Waals surface area contributed by atoms with Crippen LogP contribution in [0.25, 0.3) is 0 Å².